The maximum Gasteiger partial charge on any atom is 0.160 e. The molecule has 0 aromatic carbocycles. The monoisotopic (exact) mass is 265 g/mol. The average molecular weight is 265 g/mol. The number of imidazole rings is 1. The lowest BCUT2D eigenvalue weighted by atomic mass is 10.2. The summed E-state index contributed by atoms with van der Waals surface area (Å²) in [4.78, 5) is 8.88. The molecule has 0 bridgehead atoms. The highest BCUT2D eigenvalue weighted by Crippen LogP contribution is 2.28. The van der Waals surface area contributed by atoms with Crippen LogP contribution in [-0.2, 0) is 16.3 Å². The Morgan fingerprint density at radius 2 is 2.33 bits per heavy atom. The molecule has 1 aliphatic heterocycles. The zero-order valence-corrected chi connectivity index (χ0v) is 11.0. The maximum absolute atomic E-state index is 11.6. The molecule has 3 rings (SSSR count). The van der Waals surface area contributed by atoms with E-state index in [1.165, 1.54) is 0 Å². The summed E-state index contributed by atoms with van der Waals surface area (Å²) in [7, 11) is -2.89. The van der Waals surface area contributed by atoms with Gasteiger partial charge < -0.3 is 4.57 Å². The van der Waals surface area contributed by atoms with Gasteiger partial charge in [-0.3, -0.25) is 0 Å². The van der Waals surface area contributed by atoms with Crippen molar-refractivity contribution < 1.29 is 8.42 Å². The lowest BCUT2D eigenvalue weighted by molar-refractivity contribution is 0.544. The molecule has 96 valence electrons. The average Bonchev–Trinajstić information content (AvgIpc) is 2.88. The fraction of sp³-hybridized carbons (Fsp3) is 0.500. The lowest BCUT2D eigenvalue weighted by Gasteiger charge is -2.13. The Hall–Kier alpha value is -1.43. The summed E-state index contributed by atoms with van der Waals surface area (Å²) in [6, 6.07) is 3.76. The van der Waals surface area contributed by atoms with Crippen LogP contribution in [0.4, 0.5) is 0 Å². The van der Waals surface area contributed by atoms with Gasteiger partial charge in [0.2, 0.25) is 0 Å². The highest BCUT2D eigenvalue weighted by molar-refractivity contribution is 7.91. The van der Waals surface area contributed by atoms with Crippen molar-refractivity contribution in [3.8, 4) is 0 Å². The Morgan fingerprint density at radius 3 is 3.00 bits per heavy atom. The molecule has 1 unspecified atom stereocenters. The predicted molar refractivity (Wildman–Crippen MR) is 69.2 cm³/mol. The maximum atomic E-state index is 11.6. The molecule has 18 heavy (non-hydrogen) atoms. The Labute approximate surface area is 106 Å². The SMILES string of the molecule is CCc1nc2cccnc2n1C1CCS(=O)(=O)C1. The molecule has 1 fully saturated rings. The van der Waals surface area contributed by atoms with Crippen molar-refractivity contribution in [3.63, 3.8) is 0 Å². The molecule has 3 heterocycles. The molecule has 2 aromatic rings. The first-order chi connectivity index (χ1) is 8.61. The number of aryl methyl sites for hydroxylation is 1. The molecule has 0 N–H and O–H groups in total. The van der Waals surface area contributed by atoms with Crippen LogP contribution in [0.25, 0.3) is 11.2 Å². The Balaban J connectivity index is 2.16. The summed E-state index contributed by atoms with van der Waals surface area (Å²) in [5.41, 5.74) is 1.65. The summed E-state index contributed by atoms with van der Waals surface area (Å²) < 4.78 is 25.2. The van der Waals surface area contributed by atoms with Crippen molar-refractivity contribution in [2.45, 2.75) is 25.8 Å². The lowest BCUT2D eigenvalue weighted by Crippen LogP contribution is -2.14. The van der Waals surface area contributed by atoms with Crippen LogP contribution in [-0.4, -0.2) is 34.5 Å². The highest BCUT2D eigenvalue weighted by Gasteiger charge is 2.31. The van der Waals surface area contributed by atoms with E-state index in [0.29, 0.717) is 6.42 Å². The number of nitrogens with zero attached hydrogens (tertiary/aromatic N) is 3. The number of sulfone groups is 1. The van der Waals surface area contributed by atoms with Gasteiger partial charge in [-0.25, -0.2) is 18.4 Å². The molecule has 0 amide bonds. The normalized spacial score (nSPS) is 22.6. The molecule has 0 saturated carbocycles. The van der Waals surface area contributed by atoms with Crippen LogP contribution >= 0.6 is 0 Å². The van der Waals surface area contributed by atoms with E-state index in [1.807, 2.05) is 23.6 Å². The van der Waals surface area contributed by atoms with Gasteiger partial charge in [0.25, 0.3) is 0 Å². The zero-order valence-electron chi connectivity index (χ0n) is 10.2. The van der Waals surface area contributed by atoms with Gasteiger partial charge in [0.05, 0.1) is 17.5 Å². The molecule has 2 aromatic heterocycles. The Bertz CT molecular complexity index is 690. The van der Waals surface area contributed by atoms with Crippen molar-refractivity contribution >= 4 is 21.0 Å². The van der Waals surface area contributed by atoms with Crippen LogP contribution in [0.5, 0.6) is 0 Å². The molecule has 0 spiro atoms. The molecule has 6 heteroatoms. The fourth-order valence-corrected chi connectivity index (χ4v) is 4.29. The summed E-state index contributed by atoms with van der Waals surface area (Å²) in [5.74, 6) is 1.40. The third-order valence-electron chi connectivity index (χ3n) is 3.41. The molecule has 0 aliphatic carbocycles. The first-order valence-electron chi connectivity index (χ1n) is 6.13. The standard InChI is InChI=1S/C12H15N3O2S/c1-2-11-14-10-4-3-6-13-12(10)15(11)9-5-7-18(16,17)8-9/h3-4,6,9H,2,5,7-8H2,1H3. The van der Waals surface area contributed by atoms with Gasteiger partial charge >= 0.3 is 0 Å². The highest BCUT2D eigenvalue weighted by atomic mass is 32.2. The van der Waals surface area contributed by atoms with E-state index >= 15 is 0 Å². The number of rotatable bonds is 2. The first-order valence-corrected chi connectivity index (χ1v) is 7.95. The summed E-state index contributed by atoms with van der Waals surface area (Å²) >= 11 is 0. The molecule has 0 radical (unpaired) electrons. The van der Waals surface area contributed by atoms with Gasteiger partial charge in [-0.1, -0.05) is 6.92 Å². The van der Waals surface area contributed by atoms with E-state index in [1.54, 1.807) is 6.20 Å². The van der Waals surface area contributed by atoms with E-state index in [0.717, 1.165) is 23.4 Å². The summed E-state index contributed by atoms with van der Waals surface area (Å²) in [6.45, 7) is 2.03. The van der Waals surface area contributed by atoms with Crippen LogP contribution < -0.4 is 0 Å². The Morgan fingerprint density at radius 1 is 1.50 bits per heavy atom. The van der Waals surface area contributed by atoms with Gasteiger partial charge in [0.15, 0.2) is 15.5 Å². The van der Waals surface area contributed by atoms with E-state index < -0.39 is 9.84 Å². The third-order valence-corrected chi connectivity index (χ3v) is 5.16. The quantitative estimate of drug-likeness (QED) is 0.822. The van der Waals surface area contributed by atoms with Crippen molar-refractivity contribution in [1.82, 2.24) is 14.5 Å². The van der Waals surface area contributed by atoms with Crippen molar-refractivity contribution in [1.29, 1.82) is 0 Å². The third kappa shape index (κ3) is 1.80. The van der Waals surface area contributed by atoms with Crippen molar-refractivity contribution in [3.05, 3.63) is 24.2 Å². The zero-order chi connectivity index (χ0) is 12.8. The molecule has 1 aliphatic rings. The van der Waals surface area contributed by atoms with Crippen molar-refractivity contribution in [2.24, 2.45) is 0 Å². The van der Waals surface area contributed by atoms with Crippen LogP contribution in [0.3, 0.4) is 0 Å². The second kappa shape index (κ2) is 4.05. The van der Waals surface area contributed by atoms with E-state index in [4.69, 9.17) is 0 Å². The van der Waals surface area contributed by atoms with Crippen molar-refractivity contribution in [2.75, 3.05) is 11.5 Å². The second-order valence-corrected chi connectivity index (χ2v) is 6.88. The number of aromatic nitrogens is 3. The molecular formula is C12H15N3O2S. The topological polar surface area (TPSA) is 64.8 Å². The number of pyridine rings is 1. The van der Waals surface area contributed by atoms with Crippen LogP contribution in [0.2, 0.25) is 0 Å². The number of hydrogen-bond acceptors (Lipinski definition) is 4. The Kier molecular flexibility index (Phi) is 2.62. The van der Waals surface area contributed by atoms with E-state index in [9.17, 15) is 8.42 Å². The van der Waals surface area contributed by atoms with Crippen LogP contribution in [0.15, 0.2) is 18.3 Å². The predicted octanol–water partition coefficient (Wildman–Crippen LogP) is 1.35. The van der Waals surface area contributed by atoms with Gasteiger partial charge in [0, 0.05) is 12.6 Å². The number of hydrogen-bond donors (Lipinski definition) is 0. The molecule has 1 saturated heterocycles. The minimum Gasteiger partial charge on any atom is -0.309 e. The van der Waals surface area contributed by atoms with E-state index in [-0.39, 0.29) is 17.5 Å². The first kappa shape index (κ1) is 11.6. The molecule has 1 atom stereocenters. The van der Waals surface area contributed by atoms with Crippen LogP contribution in [0.1, 0.15) is 25.2 Å². The minimum absolute atomic E-state index is 0.00940. The smallest absolute Gasteiger partial charge is 0.160 e. The van der Waals surface area contributed by atoms with Gasteiger partial charge in [-0.2, -0.15) is 0 Å². The largest absolute Gasteiger partial charge is 0.309 e. The summed E-state index contributed by atoms with van der Waals surface area (Å²) in [5, 5.41) is 0. The minimum atomic E-state index is -2.89. The summed E-state index contributed by atoms with van der Waals surface area (Å²) in [6.07, 6.45) is 3.17. The second-order valence-electron chi connectivity index (χ2n) is 4.65. The van der Waals surface area contributed by atoms with Gasteiger partial charge in [-0.15, -0.1) is 0 Å². The van der Waals surface area contributed by atoms with Crippen LogP contribution in [0, 0.1) is 0 Å². The molecule has 5 nitrogen and oxygen atoms in total. The van der Waals surface area contributed by atoms with E-state index in [2.05, 4.69) is 9.97 Å². The number of fused-ring (bicyclic) bond motifs is 1. The van der Waals surface area contributed by atoms with Gasteiger partial charge in [0.1, 0.15) is 11.3 Å². The molecular weight excluding hydrogens is 250 g/mol. The van der Waals surface area contributed by atoms with Gasteiger partial charge in [-0.05, 0) is 18.6 Å². The fourth-order valence-electron chi connectivity index (χ4n) is 2.59.